The molecule has 1 aliphatic rings. The Morgan fingerprint density at radius 3 is 2.31 bits per heavy atom. The van der Waals surface area contributed by atoms with Gasteiger partial charge in [-0.1, -0.05) is 49.7 Å². The lowest BCUT2D eigenvalue weighted by atomic mass is 10.0. The lowest BCUT2D eigenvalue weighted by molar-refractivity contribution is -0.128. The Kier molecular flexibility index (Phi) is 7.36. The third-order valence-electron chi connectivity index (χ3n) is 5.67. The highest BCUT2D eigenvalue weighted by Gasteiger charge is 2.32. The molecule has 2 amide bonds. The topological polar surface area (TPSA) is 95.6 Å². The molecule has 3 rings (SSSR count). The van der Waals surface area contributed by atoms with Crippen molar-refractivity contribution in [1.29, 1.82) is 0 Å². The van der Waals surface area contributed by atoms with E-state index in [2.05, 4.69) is 10.0 Å². The summed E-state index contributed by atoms with van der Waals surface area (Å²) in [5.74, 6) is -1.05. The summed E-state index contributed by atoms with van der Waals surface area (Å²) < 4.78 is 28.1. The predicted octanol–water partition coefficient (Wildman–Crippen LogP) is 2.78. The SMILES string of the molecule is Cc1ccc(S(=O)(=O)N[C@H](C(=O)N[C@H](C)C(=O)N2CCCc3ccccc32)C(C)C)cc1. The molecule has 2 atom stereocenters. The van der Waals surface area contributed by atoms with Crippen molar-refractivity contribution in [1.82, 2.24) is 10.0 Å². The fourth-order valence-electron chi connectivity index (χ4n) is 3.81. The third kappa shape index (κ3) is 5.37. The van der Waals surface area contributed by atoms with Crippen LogP contribution >= 0.6 is 0 Å². The van der Waals surface area contributed by atoms with Gasteiger partial charge in [0.25, 0.3) is 0 Å². The van der Waals surface area contributed by atoms with E-state index in [1.54, 1.807) is 37.8 Å². The van der Waals surface area contributed by atoms with Crippen LogP contribution in [0.1, 0.15) is 38.3 Å². The number of amides is 2. The first-order valence-electron chi connectivity index (χ1n) is 10.9. The van der Waals surface area contributed by atoms with Gasteiger partial charge in [-0.25, -0.2) is 8.42 Å². The largest absolute Gasteiger partial charge is 0.343 e. The van der Waals surface area contributed by atoms with Crippen molar-refractivity contribution in [2.45, 2.75) is 57.5 Å². The van der Waals surface area contributed by atoms with Gasteiger partial charge in [-0.3, -0.25) is 9.59 Å². The maximum Gasteiger partial charge on any atom is 0.249 e. The number of benzene rings is 2. The summed E-state index contributed by atoms with van der Waals surface area (Å²) in [4.78, 5) is 27.9. The van der Waals surface area contributed by atoms with E-state index in [1.807, 2.05) is 31.2 Å². The Labute approximate surface area is 190 Å². The standard InChI is InChI=1S/C24H31N3O4S/c1-16(2)22(26-32(30,31)20-13-11-17(3)12-14-20)23(28)25-18(4)24(29)27-15-7-9-19-8-5-6-10-21(19)27/h5-6,8,10-14,16,18,22,26H,7,9,15H2,1-4H3,(H,25,28)/t18-,22+/m1/s1. The number of para-hydroxylation sites is 1. The first kappa shape index (κ1) is 23.9. The number of hydrogen-bond donors (Lipinski definition) is 2. The number of fused-ring (bicyclic) bond motifs is 1. The second-order valence-electron chi connectivity index (χ2n) is 8.61. The van der Waals surface area contributed by atoms with E-state index >= 15 is 0 Å². The first-order valence-corrected chi connectivity index (χ1v) is 12.4. The van der Waals surface area contributed by atoms with Gasteiger partial charge in [0.2, 0.25) is 21.8 Å². The second-order valence-corrected chi connectivity index (χ2v) is 10.3. The molecule has 2 aromatic carbocycles. The van der Waals surface area contributed by atoms with Gasteiger partial charge in [0, 0.05) is 12.2 Å². The third-order valence-corrected chi connectivity index (χ3v) is 7.13. The fraction of sp³-hybridized carbons (Fsp3) is 0.417. The minimum atomic E-state index is -3.89. The first-order chi connectivity index (χ1) is 15.1. The number of anilines is 1. The zero-order valence-corrected chi connectivity index (χ0v) is 19.8. The molecule has 1 aliphatic heterocycles. The van der Waals surface area contributed by atoms with Crippen molar-refractivity contribution in [2.24, 2.45) is 5.92 Å². The van der Waals surface area contributed by atoms with Crippen molar-refractivity contribution in [3.8, 4) is 0 Å². The van der Waals surface area contributed by atoms with Crippen LogP contribution in [-0.2, 0) is 26.0 Å². The molecule has 32 heavy (non-hydrogen) atoms. The van der Waals surface area contributed by atoms with Crippen LogP contribution < -0.4 is 14.9 Å². The van der Waals surface area contributed by atoms with Crippen LogP contribution in [0.3, 0.4) is 0 Å². The molecule has 0 fully saturated rings. The summed E-state index contributed by atoms with van der Waals surface area (Å²) in [5, 5.41) is 2.72. The molecule has 8 heteroatoms. The number of hydrogen-bond acceptors (Lipinski definition) is 4. The Hall–Kier alpha value is -2.71. The number of aryl methyl sites for hydroxylation is 2. The van der Waals surface area contributed by atoms with Crippen LogP contribution in [0.25, 0.3) is 0 Å². The van der Waals surface area contributed by atoms with Crippen molar-refractivity contribution in [2.75, 3.05) is 11.4 Å². The van der Waals surface area contributed by atoms with Gasteiger partial charge in [-0.2, -0.15) is 4.72 Å². The molecule has 0 aliphatic carbocycles. The fourth-order valence-corrected chi connectivity index (χ4v) is 5.15. The van der Waals surface area contributed by atoms with Gasteiger partial charge in [0.05, 0.1) is 4.90 Å². The van der Waals surface area contributed by atoms with E-state index in [4.69, 9.17) is 0 Å². The molecule has 172 valence electrons. The molecule has 0 spiro atoms. The van der Waals surface area contributed by atoms with Crippen molar-refractivity contribution in [3.05, 3.63) is 59.7 Å². The summed E-state index contributed by atoms with van der Waals surface area (Å²) >= 11 is 0. The Morgan fingerprint density at radius 1 is 1.00 bits per heavy atom. The van der Waals surface area contributed by atoms with E-state index in [-0.39, 0.29) is 16.7 Å². The van der Waals surface area contributed by atoms with Crippen LogP contribution in [-0.4, -0.2) is 38.9 Å². The molecule has 0 saturated carbocycles. The lowest BCUT2D eigenvalue weighted by Crippen LogP contribution is -2.55. The molecule has 0 aromatic heterocycles. The maximum absolute atomic E-state index is 13.1. The van der Waals surface area contributed by atoms with Gasteiger partial charge < -0.3 is 10.2 Å². The number of nitrogens with zero attached hydrogens (tertiary/aromatic N) is 1. The van der Waals surface area contributed by atoms with E-state index < -0.39 is 28.0 Å². The van der Waals surface area contributed by atoms with Gasteiger partial charge in [-0.15, -0.1) is 0 Å². The van der Waals surface area contributed by atoms with Crippen LogP contribution in [0.5, 0.6) is 0 Å². The van der Waals surface area contributed by atoms with Crippen LogP contribution in [0.2, 0.25) is 0 Å². The highest BCUT2D eigenvalue weighted by Crippen LogP contribution is 2.27. The van der Waals surface area contributed by atoms with Crippen LogP contribution in [0.4, 0.5) is 5.69 Å². The summed E-state index contributed by atoms with van der Waals surface area (Å²) in [6.45, 7) is 7.60. The normalized spacial score (nSPS) is 15.7. The monoisotopic (exact) mass is 457 g/mol. The molecule has 0 unspecified atom stereocenters. The molecule has 0 radical (unpaired) electrons. The van der Waals surface area contributed by atoms with E-state index in [9.17, 15) is 18.0 Å². The highest BCUT2D eigenvalue weighted by molar-refractivity contribution is 7.89. The Morgan fingerprint density at radius 2 is 1.66 bits per heavy atom. The molecule has 2 N–H and O–H groups in total. The number of nitrogens with one attached hydrogen (secondary N) is 2. The quantitative estimate of drug-likeness (QED) is 0.668. The number of rotatable bonds is 7. The Balaban J connectivity index is 1.72. The van der Waals surface area contributed by atoms with Gasteiger partial charge >= 0.3 is 0 Å². The summed E-state index contributed by atoms with van der Waals surface area (Å²) in [6.07, 6.45) is 1.77. The highest BCUT2D eigenvalue weighted by atomic mass is 32.2. The van der Waals surface area contributed by atoms with E-state index in [0.717, 1.165) is 29.7 Å². The van der Waals surface area contributed by atoms with Crippen LogP contribution in [0.15, 0.2) is 53.4 Å². The molecule has 2 aromatic rings. The number of carbonyl (C=O) groups is 2. The minimum absolute atomic E-state index is 0.0931. The molecule has 7 nitrogen and oxygen atoms in total. The number of sulfonamides is 1. The van der Waals surface area contributed by atoms with Crippen molar-refractivity contribution < 1.29 is 18.0 Å². The number of carbonyl (C=O) groups excluding carboxylic acids is 2. The zero-order valence-electron chi connectivity index (χ0n) is 19.0. The summed E-state index contributed by atoms with van der Waals surface area (Å²) in [7, 11) is -3.89. The lowest BCUT2D eigenvalue weighted by Gasteiger charge is -2.32. The van der Waals surface area contributed by atoms with Gasteiger partial charge in [0.15, 0.2) is 0 Å². The maximum atomic E-state index is 13.1. The molecular weight excluding hydrogens is 426 g/mol. The van der Waals surface area contributed by atoms with Crippen molar-refractivity contribution in [3.63, 3.8) is 0 Å². The minimum Gasteiger partial charge on any atom is -0.343 e. The average Bonchev–Trinajstić information content (AvgIpc) is 2.76. The smallest absolute Gasteiger partial charge is 0.249 e. The molecule has 0 saturated heterocycles. The van der Waals surface area contributed by atoms with E-state index in [1.165, 1.54) is 12.1 Å². The Bertz CT molecular complexity index is 1080. The summed E-state index contributed by atoms with van der Waals surface area (Å²) in [6, 6.07) is 12.4. The molecular formula is C24H31N3O4S. The average molecular weight is 458 g/mol. The molecule has 0 bridgehead atoms. The van der Waals surface area contributed by atoms with Crippen molar-refractivity contribution >= 4 is 27.5 Å². The zero-order chi connectivity index (χ0) is 23.5. The second kappa shape index (κ2) is 9.83. The van der Waals surface area contributed by atoms with Gasteiger partial charge in [0.1, 0.15) is 12.1 Å². The van der Waals surface area contributed by atoms with Crippen LogP contribution in [0, 0.1) is 12.8 Å². The van der Waals surface area contributed by atoms with E-state index in [0.29, 0.717) is 6.54 Å². The molecule has 1 heterocycles. The predicted molar refractivity (Wildman–Crippen MR) is 125 cm³/mol. The summed E-state index contributed by atoms with van der Waals surface area (Å²) in [5.41, 5.74) is 2.91. The van der Waals surface area contributed by atoms with Gasteiger partial charge in [-0.05, 0) is 56.4 Å².